The monoisotopic (exact) mass is 446 g/mol. The van der Waals surface area contributed by atoms with Gasteiger partial charge in [-0.25, -0.2) is 4.79 Å². The zero-order valence-corrected chi connectivity index (χ0v) is 18.6. The fraction of sp³-hybridized carbons (Fsp3) is 0.160. The molecule has 0 radical (unpaired) electrons. The first-order valence-corrected chi connectivity index (χ1v) is 10.0. The van der Waals surface area contributed by atoms with Crippen LogP contribution in [0.25, 0.3) is 27.7 Å². The molecule has 0 fully saturated rings. The highest BCUT2D eigenvalue weighted by atomic mass is 16.5. The molecule has 0 atom stereocenters. The SMILES string of the molecule is COC(=O)c1c(-c2cc(OC)c(OC)c(OC)c2)c2cccnc2c(=O)n1-c1ccccc1. The number of hydrogen-bond donors (Lipinski definition) is 0. The largest absolute Gasteiger partial charge is 0.493 e. The molecule has 2 heterocycles. The van der Waals surface area contributed by atoms with E-state index in [2.05, 4.69) is 4.98 Å². The molecule has 2 aromatic carbocycles. The third-order valence-electron chi connectivity index (χ3n) is 5.29. The molecule has 0 N–H and O–H groups in total. The Morgan fingerprint density at radius 3 is 2.12 bits per heavy atom. The number of pyridine rings is 2. The number of para-hydroxylation sites is 1. The van der Waals surface area contributed by atoms with Crippen LogP contribution in [0, 0.1) is 0 Å². The normalized spacial score (nSPS) is 10.7. The van der Waals surface area contributed by atoms with Crippen molar-refractivity contribution in [2.24, 2.45) is 0 Å². The molecule has 168 valence electrons. The number of carbonyl (C=O) groups is 1. The van der Waals surface area contributed by atoms with E-state index < -0.39 is 11.5 Å². The van der Waals surface area contributed by atoms with Gasteiger partial charge in [0.05, 0.1) is 28.4 Å². The van der Waals surface area contributed by atoms with Crippen LogP contribution < -0.4 is 19.8 Å². The first-order valence-electron chi connectivity index (χ1n) is 10.0. The van der Waals surface area contributed by atoms with Gasteiger partial charge >= 0.3 is 5.97 Å². The summed E-state index contributed by atoms with van der Waals surface area (Å²) < 4.78 is 22.9. The summed E-state index contributed by atoms with van der Waals surface area (Å²) in [5.74, 6) is 0.530. The van der Waals surface area contributed by atoms with Crippen LogP contribution in [0.3, 0.4) is 0 Å². The second-order valence-corrected chi connectivity index (χ2v) is 7.00. The minimum Gasteiger partial charge on any atom is -0.493 e. The summed E-state index contributed by atoms with van der Waals surface area (Å²) in [6, 6.07) is 15.7. The van der Waals surface area contributed by atoms with E-state index in [1.807, 2.05) is 6.07 Å². The number of aromatic nitrogens is 2. The Morgan fingerprint density at radius 2 is 1.55 bits per heavy atom. The van der Waals surface area contributed by atoms with Crippen LogP contribution in [0.1, 0.15) is 10.5 Å². The molecule has 0 spiro atoms. The highest BCUT2D eigenvalue weighted by Crippen LogP contribution is 2.43. The number of nitrogens with zero attached hydrogens (tertiary/aromatic N) is 2. The Bertz CT molecular complexity index is 1370. The van der Waals surface area contributed by atoms with Gasteiger partial charge in [0.1, 0.15) is 11.2 Å². The van der Waals surface area contributed by atoms with Crippen LogP contribution in [0.15, 0.2) is 65.6 Å². The van der Waals surface area contributed by atoms with Crippen molar-refractivity contribution < 1.29 is 23.7 Å². The molecule has 0 amide bonds. The first-order chi connectivity index (χ1) is 16.0. The lowest BCUT2D eigenvalue weighted by molar-refractivity contribution is 0.0591. The van der Waals surface area contributed by atoms with Crippen LogP contribution in [0.2, 0.25) is 0 Å². The average molecular weight is 446 g/mol. The fourth-order valence-electron chi connectivity index (χ4n) is 3.86. The van der Waals surface area contributed by atoms with Gasteiger partial charge in [0.15, 0.2) is 11.5 Å². The topological polar surface area (TPSA) is 88.9 Å². The number of hydrogen-bond acceptors (Lipinski definition) is 7. The highest BCUT2D eigenvalue weighted by molar-refractivity contribution is 6.06. The van der Waals surface area contributed by atoms with Gasteiger partial charge in [0.2, 0.25) is 5.75 Å². The maximum atomic E-state index is 13.5. The summed E-state index contributed by atoms with van der Waals surface area (Å²) in [5, 5.41) is 0.490. The number of fused-ring (bicyclic) bond motifs is 1. The third-order valence-corrected chi connectivity index (χ3v) is 5.29. The predicted octanol–water partition coefficient (Wildman–Crippen LogP) is 3.87. The average Bonchev–Trinajstić information content (AvgIpc) is 2.87. The molecule has 0 aliphatic heterocycles. The van der Waals surface area contributed by atoms with E-state index in [-0.39, 0.29) is 11.2 Å². The molecule has 4 aromatic rings. The van der Waals surface area contributed by atoms with Crippen molar-refractivity contribution >= 4 is 16.9 Å². The molecule has 0 bridgehead atoms. The van der Waals surface area contributed by atoms with Crippen molar-refractivity contribution in [3.63, 3.8) is 0 Å². The predicted molar refractivity (Wildman–Crippen MR) is 124 cm³/mol. The highest BCUT2D eigenvalue weighted by Gasteiger charge is 2.27. The van der Waals surface area contributed by atoms with Crippen LogP contribution in [0.5, 0.6) is 17.2 Å². The van der Waals surface area contributed by atoms with Crippen molar-refractivity contribution in [1.82, 2.24) is 9.55 Å². The summed E-state index contributed by atoms with van der Waals surface area (Å²) in [6.07, 6.45) is 1.54. The van der Waals surface area contributed by atoms with E-state index in [0.717, 1.165) is 0 Å². The minimum atomic E-state index is -0.676. The minimum absolute atomic E-state index is 0.0588. The van der Waals surface area contributed by atoms with E-state index in [4.69, 9.17) is 18.9 Å². The van der Waals surface area contributed by atoms with Crippen molar-refractivity contribution in [3.05, 3.63) is 76.8 Å². The van der Waals surface area contributed by atoms with Crippen LogP contribution in [-0.4, -0.2) is 44.0 Å². The zero-order valence-electron chi connectivity index (χ0n) is 18.6. The molecule has 0 saturated heterocycles. The van der Waals surface area contributed by atoms with E-state index in [1.54, 1.807) is 48.5 Å². The smallest absolute Gasteiger partial charge is 0.355 e. The third kappa shape index (κ3) is 3.65. The lowest BCUT2D eigenvalue weighted by Crippen LogP contribution is -2.27. The number of methoxy groups -OCH3 is 4. The van der Waals surface area contributed by atoms with E-state index in [0.29, 0.717) is 39.4 Å². The number of ether oxygens (including phenoxy) is 4. The molecule has 8 nitrogen and oxygen atoms in total. The fourth-order valence-corrected chi connectivity index (χ4v) is 3.86. The van der Waals surface area contributed by atoms with E-state index in [9.17, 15) is 9.59 Å². The summed E-state index contributed by atoms with van der Waals surface area (Å²) in [5.41, 5.74) is 1.35. The van der Waals surface area contributed by atoms with Gasteiger partial charge in [-0.1, -0.05) is 24.3 Å². The maximum absolute atomic E-state index is 13.5. The summed E-state index contributed by atoms with van der Waals surface area (Å²) >= 11 is 0. The van der Waals surface area contributed by atoms with Crippen molar-refractivity contribution in [2.75, 3.05) is 28.4 Å². The second kappa shape index (κ2) is 9.04. The lowest BCUT2D eigenvalue weighted by atomic mass is 9.97. The second-order valence-electron chi connectivity index (χ2n) is 7.00. The van der Waals surface area contributed by atoms with Crippen molar-refractivity contribution in [1.29, 1.82) is 0 Å². The maximum Gasteiger partial charge on any atom is 0.355 e. The molecule has 8 heteroatoms. The van der Waals surface area contributed by atoms with E-state index >= 15 is 0 Å². The molecule has 0 saturated carbocycles. The number of rotatable bonds is 6. The van der Waals surface area contributed by atoms with Gasteiger partial charge < -0.3 is 18.9 Å². The van der Waals surface area contributed by atoms with Crippen LogP contribution >= 0.6 is 0 Å². The Hall–Kier alpha value is -4.33. The summed E-state index contributed by atoms with van der Waals surface area (Å²) in [4.78, 5) is 31.0. The first kappa shape index (κ1) is 21.9. The van der Waals surface area contributed by atoms with Gasteiger partial charge in [-0.2, -0.15) is 0 Å². The lowest BCUT2D eigenvalue weighted by Gasteiger charge is -2.20. The van der Waals surface area contributed by atoms with Gasteiger partial charge in [0.25, 0.3) is 5.56 Å². The molecule has 33 heavy (non-hydrogen) atoms. The number of esters is 1. The number of benzene rings is 2. The van der Waals surface area contributed by atoms with Gasteiger partial charge in [-0.3, -0.25) is 14.3 Å². The number of carbonyl (C=O) groups excluding carboxylic acids is 1. The van der Waals surface area contributed by atoms with Crippen molar-refractivity contribution in [3.8, 4) is 34.1 Å². The van der Waals surface area contributed by atoms with Gasteiger partial charge in [-0.05, 0) is 35.9 Å². The van der Waals surface area contributed by atoms with E-state index in [1.165, 1.54) is 39.2 Å². The molecule has 0 aliphatic carbocycles. The molecule has 0 aliphatic rings. The molecule has 0 unspecified atom stereocenters. The molecular weight excluding hydrogens is 424 g/mol. The molecular formula is C25H22N2O6. The Kier molecular flexibility index (Phi) is 5.99. The quantitative estimate of drug-likeness (QED) is 0.416. The van der Waals surface area contributed by atoms with Crippen LogP contribution in [0.4, 0.5) is 0 Å². The van der Waals surface area contributed by atoms with Gasteiger partial charge in [-0.15, -0.1) is 0 Å². The molecule has 2 aromatic heterocycles. The summed E-state index contributed by atoms with van der Waals surface area (Å²) in [6.45, 7) is 0. The van der Waals surface area contributed by atoms with Gasteiger partial charge in [0, 0.05) is 22.8 Å². The molecule has 4 rings (SSSR count). The Balaban J connectivity index is 2.23. The van der Waals surface area contributed by atoms with Crippen LogP contribution in [-0.2, 0) is 4.74 Å². The Labute approximate surface area is 189 Å². The van der Waals surface area contributed by atoms with Crippen molar-refractivity contribution in [2.45, 2.75) is 0 Å². The standard InChI is InChI=1S/C25H22N2O6/c1-30-18-13-15(14-19(31-2)23(18)32-3)20-17-11-8-12-26-21(17)24(28)27(22(20)25(29)33-4)16-9-6-5-7-10-16/h5-14H,1-4H3. The summed E-state index contributed by atoms with van der Waals surface area (Å²) in [7, 11) is 5.79. The zero-order chi connectivity index (χ0) is 23.5. The Morgan fingerprint density at radius 1 is 0.879 bits per heavy atom.